The molecule has 0 aliphatic heterocycles. The molecule has 0 aliphatic carbocycles. The van der Waals surface area contributed by atoms with Crippen molar-refractivity contribution in [3.63, 3.8) is 0 Å². The number of hydrogen-bond acceptors (Lipinski definition) is 1. The summed E-state index contributed by atoms with van der Waals surface area (Å²) < 4.78 is 30.4. The third-order valence-corrected chi connectivity index (χ3v) is 1.82. The molecule has 74 valence electrons. The van der Waals surface area contributed by atoms with Crippen molar-refractivity contribution in [1.29, 1.82) is 0 Å². The van der Waals surface area contributed by atoms with Gasteiger partial charge < -0.3 is 9.58 Å². The van der Waals surface area contributed by atoms with Crippen LogP contribution in [0.5, 0.6) is 5.75 Å². The topological polar surface area (TPSA) is 13.6 Å². The number of ether oxygens (including phenoxy) is 1. The van der Waals surface area contributed by atoms with Crippen LogP contribution in [0, 0.1) is 18.2 Å². The summed E-state index contributed by atoms with van der Waals surface area (Å²) in [5.74, 6) is -1.56. The molecule has 14 heavy (non-hydrogen) atoms. The largest absolute Gasteiger partial charge is 0.496 e. The van der Waals surface area contributed by atoms with Crippen molar-refractivity contribution in [2.45, 2.75) is 6.42 Å². The first-order valence-electron chi connectivity index (χ1n) is 4.04. The van der Waals surface area contributed by atoms with E-state index < -0.39 is 11.6 Å². The van der Waals surface area contributed by atoms with Gasteiger partial charge in [0, 0.05) is 18.1 Å². The molecule has 0 saturated carbocycles. The van der Waals surface area contributed by atoms with E-state index in [1.807, 2.05) is 0 Å². The maximum Gasteiger partial charge on any atom is 0.218 e. The van der Waals surface area contributed by atoms with E-state index in [9.17, 15) is 8.78 Å². The molecule has 0 N–H and O–H groups in total. The maximum absolute atomic E-state index is 12.8. The molecule has 0 spiro atoms. The van der Waals surface area contributed by atoms with Crippen molar-refractivity contribution >= 4 is 0 Å². The zero-order chi connectivity index (χ0) is 10.6. The van der Waals surface area contributed by atoms with Crippen molar-refractivity contribution in [3.8, 4) is 5.75 Å². The van der Waals surface area contributed by atoms with Crippen LogP contribution in [0.2, 0.25) is 0 Å². The summed E-state index contributed by atoms with van der Waals surface area (Å²) in [5.41, 5.74) is 0.516. The monoisotopic (exact) mass is 197 g/mol. The van der Waals surface area contributed by atoms with Gasteiger partial charge in [-0.3, -0.25) is 0 Å². The first-order valence-corrected chi connectivity index (χ1v) is 4.04. The van der Waals surface area contributed by atoms with Gasteiger partial charge >= 0.3 is 0 Å². The summed E-state index contributed by atoms with van der Waals surface area (Å²) in [7, 11) is 1.38. The molecule has 1 rings (SSSR count). The van der Waals surface area contributed by atoms with Gasteiger partial charge in [0.05, 0.1) is 7.11 Å². The summed E-state index contributed by atoms with van der Waals surface area (Å²) in [6.07, 6.45) is 0.365. The number of nitrogens with zero attached hydrogens (tertiary/aromatic N) is 1. The molecule has 0 saturated heterocycles. The van der Waals surface area contributed by atoms with E-state index in [4.69, 9.17) is 11.3 Å². The van der Waals surface area contributed by atoms with E-state index in [0.717, 1.165) is 12.1 Å². The Hall–Kier alpha value is -1.63. The summed E-state index contributed by atoms with van der Waals surface area (Å²) in [5, 5.41) is 0. The minimum Gasteiger partial charge on any atom is -0.496 e. The van der Waals surface area contributed by atoms with Gasteiger partial charge in [-0.1, -0.05) is 0 Å². The average Bonchev–Trinajstić information content (AvgIpc) is 2.19. The highest BCUT2D eigenvalue weighted by molar-refractivity contribution is 5.35. The van der Waals surface area contributed by atoms with Gasteiger partial charge in [-0.15, -0.1) is 0 Å². The zero-order valence-electron chi connectivity index (χ0n) is 7.68. The lowest BCUT2D eigenvalue weighted by atomic mass is 10.1. The normalized spacial score (nSPS) is 9.57. The fraction of sp³-hybridized carbons (Fsp3) is 0.300. The van der Waals surface area contributed by atoms with Crippen molar-refractivity contribution in [1.82, 2.24) is 0 Å². The molecule has 0 fully saturated rings. The molecule has 0 unspecified atom stereocenters. The molecule has 0 aliphatic rings. The molecule has 1 aromatic rings. The molecule has 2 nitrogen and oxygen atoms in total. The molecular formula is C10H9F2NO. The van der Waals surface area contributed by atoms with Crippen LogP contribution >= 0.6 is 0 Å². The van der Waals surface area contributed by atoms with E-state index in [1.165, 1.54) is 7.11 Å². The minimum absolute atomic E-state index is 0.238. The standard InChI is InChI=1S/C10H9F2NO/c1-13-4-3-7-5-8(11)9(12)6-10(7)14-2/h5-6H,3-4H2,2H3. The zero-order valence-corrected chi connectivity index (χ0v) is 7.68. The number of halogens is 2. The molecule has 0 amide bonds. The predicted molar refractivity (Wildman–Crippen MR) is 48.1 cm³/mol. The van der Waals surface area contributed by atoms with Gasteiger partial charge in [0.25, 0.3) is 0 Å². The first kappa shape index (κ1) is 10.5. The van der Waals surface area contributed by atoms with Gasteiger partial charge in [-0.25, -0.2) is 15.4 Å². The summed E-state index contributed by atoms with van der Waals surface area (Å²) in [6, 6.07) is 2.06. The fourth-order valence-electron chi connectivity index (χ4n) is 1.13. The van der Waals surface area contributed by atoms with Gasteiger partial charge in [0.15, 0.2) is 11.6 Å². The minimum atomic E-state index is -0.937. The van der Waals surface area contributed by atoms with Crippen LogP contribution in [0.25, 0.3) is 4.85 Å². The molecule has 0 radical (unpaired) electrons. The Kier molecular flexibility index (Phi) is 3.41. The van der Waals surface area contributed by atoms with E-state index in [1.54, 1.807) is 0 Å². The van der Waals surface area contributed by atoms with E-state index in [0.29, 0.717) is 12.0 Å². The lowest BCUT2D eigenvalue weighted by molar-refractivity contribution is 0.401. The van der Waals surface area contributed by atoms with Gasteiger partial charge in [0.2, 0.25) is 6.54 Å². The number of rotatable bonds is 3. The Morgan fingerprint density at radius 3 is 2.57 bits per heavy atom. The van der Waals surface area contributed by atoms with Crippen molar-refractivity contribution in [2.75, 3.05) is 13.7 Å². The van der Waals surface area contributed by atoms with Crippen LogP contribution in [0.3, 0.4) is 0 Å². The Morgan fingerprint density at radius 1 is 1.36 bits per heavy atom. The van der Waals surface area contributed by atoms with Crippen LogP contribution in [-0.2, 0) is 6.42 Å². The van der Waals surface area contributed by atoms with Gasteiger partial charge in [-0.2, -0.15) is 0 Å². The van der Waals surface area contributed by atoms with Gasteiger partial charge in [-0.05, 0) is 6.07 Å². The highest BCUT2D eigenvalue weighted by Crippen LogP contribution is 2.22. The first-order chi connectivity index (χ1) is 6.69. The maximum atomic E-state index is 12.8. The lowest BCUT2D eigenvalue weighted by Gasteiger charge is -2.06. The van der Waals surface area contributed by atoms with Crippen molar-refractivity contribution in [3.05, 3.63) is 40.7 Å². The Bertz CT molecular complexity index is 371. The van der Waals surface area contributed by atoms with Crippen LogP contribution in [0.4, 0.5) is 8.78 Å². The Balaban J connectivity index is 3.02. The second-order valence-electron chi connectivity index (χ2n) is 2.71. The van der Waals surface area contributed by atoms with Crippen molar-refractivity contribution < 1.29 is 13.5 Å². The summed E-state index contributed by atoms with van der Waals surface area (Å²) in [4.78, 5) is 3.14. The van der Waals surface area contributed by atoms with Crippen LogP contribution in [-0.4, -0.2) is 13.7 Å². The SMILES string of the molecule is [C-]#[N+]CCc1cc(F)c(F)cc1OC. The van der Waals surface area contributed by atoms with Crippen LogP contribution in [0.1, 0.15) is 5.56 Å². The van der Waals surface area contributed by atoms with Crippen LogP contribution in [0.15, 0.2) is 12.1 Å². The third-order valence-electron chi connectivity index (χ3n) is 1.82. The average molecular weight is 197 g/mol. The number of methoxy groups -OCH3 is 1. The number of hydrogen-bond donors (Lipinski definition) is 0. The van der Waals surface area contributed by atoms with E-state index >= 15 is 0 Å². The third kappa shape index (κ3) is 2.19. The molecular weight excluding hydrogens is 188 g/mol. The number of benzene rings is 1. The van der Waals surface area contributed by atoms with Crippen molar-refractivity contribution in [2.24, 2.45) is 0 Å². The lowest BCUT2D eigenvalue weighted by Crippen LogP contribution is -1.97. The molecule has 0 bridgehead atoms. The summed E-state index contributed by atoms with van der Waals surface area (Å²) in [6.45, 7) is 6.83. The molecule has 0 heterocycles. The second kappa shape index (κ2) is 4.56. The smallest absolute Gasteiger partial charge is 0.218 e. The Morgan fingerprint density at radius 2 is 2.00 bits per heavy atom. The fourth-order valence-corrected chi connectivity index (χ4v) is 1.13. The Labute approximate surface area is 80.9 Å². The molecule has 4 heteroatoms. The molecule has 0 aromatic heterocycles. The molecule has 1 aromatic carbocycles. The van der Waals surface area contributed by atoms with Gasteiger partial charge in [0.1, 0.15) is 5.75 Å². The highest BCUT2D eigenvalue weighted by Gasteiger charge is 2.10. The van der Waals surface area contributed by atoms with E-state index in [-0.39, 0.29) is 12.3 Å². The quantitative estimate of drug-likeness (QED) is 0.678. The highest BCUT2D eigenvalue weighted by atomic mass is 19.2. The second-order valence-corrected chi connectivity index (χ2v) is 2.71. The summed E-state index contributed by atoms with van der Waals surface area (Å²) >= 11 is 0. The predicted octanol–water partition coefficient (Wildman–Crippen LogP) is 2.44. The van der Waals surface area contributed by atoms with Crippen LogP contribution < -0.4 is 4.74 Å². The molecule has 0 atom stereocenters. The van der Waals surface area contributed by atoms with E-state index in [2.05, 4.69) is 4.85 Å².